The molecule has 7 heteroatoms. The Balaban J connectivity index is 0.00000225. The smallest absolute Gasteiger partial charge is 0.268 e. The molecule has 0 spiro atoms. The molecule has 0 bridgehead atoms. The third kappa shape index (κ3) is 3.30. The number of para-hydroxylation sites is 1. The lowest BCUT2D eigenvalue weighted by Gasteiger charge is -2.30. The van der Waals surface area contributed by atoms with Gasteiger partial charge in [0.25, 0.3) is 5.91 Å². The number of anilines is 1. The highest BCUT2D eigenvalue weighted by atomic mass is 35.5. The zero-order valence-corrected chi connectivity index (χ0v) is 16.1. The van der Waals surface area contributed by atoms with Crippen molar-refractivity contribution in [2.24, 2.45) is 11.7 Å². The van der Waals surface area contributed by atoms with Gasteiger partial charge in [-0.2, -0.15) is 0 Å². The molecule has 1 fully saturated rings. The van der Waals surface area contributed by atoms with Crippen LogP contribution in [0, 0.1) is 17.6 Å². The second-order valence-electron chi connectivity index (χ2n) is 7.55. The molecule has 2 aromatic rings. The summed E-state index contributed by atoms with van der Waals surface area (Å²) in [5.41, 5.74) is 4.21. The van der Waals surface area contributed by atoms with Crippen molar-refractivity contribution >= 4 is 24.0 Å². The molecule has 4 nitrogen and oxygen atoms in total. The quantitative estimate of drug-likeness (QED) is 0.817. The van der Waals surface area contributed by atoms with Gasteiger partial charge in [-0.1, -0.05) is 18.2 Å². The number of benzene rings is 2. The highest BCUT2D eigenvalue weighted by Crippen LogP contribution is 2.46. The molecule has 2 aromatic carbocycles. The molecule has 0 radical (unpaired) electrons. The standard InChI is InChI=1S/C21H22F2N2O2.ClH/c22-14-7-10-18(23)17(11-14)21(27)16-3-1-2-4-19(16)25(20(21)26)12-13-5-8-15(24)9-6-13;/h1-4,7,10-11,13,15,27H,5-6,8-9,12,24H2;1H. The first-order valence-electron chi connectivity index (χ1n) is 9.26. The number of amides is 1. The molecule has 1 unspecified atom stereocenters. The summed E-state index contributed by atoms with van der Waals surface area (Å²) >= 11 is 0. The SMILES string of the molecule is Cl.NC1CCC(CN2C(=O)C(O)(c3cc(F)ccc3F)c3ccccc32)CC1. The summed E-state index contributed by atoms with van der Waals surface area (Å²) in [4.78, 5) is 14.8. The molecule has 28 heavy (non-hydrogen) atoms. The van der Waals surface area contributed by atoms with Crippen molar-refractivity contribution in [1.29, 1.82) is 0 Å². The monoisotopic (exact) mass is 408 g/mol. The molecule has 1 atom stereocenters. The molecule has 4 rings (SSSR count). The molecule has 1 amide bonds. The number of carbonyl (C=O) groups excluding carboxylic acids is 1. The number of nitrogens with two attached hydrogens (primary N) is 1. The van der Waals surface area contributed by atoms with E-state index >= 15 is 0 Å². The molecule has 1 heterocycles. The zero-order chi connectivity index (χ0) is 19.2. The summed E-state index contributed by atoms with van der Waals surface area (Å²) in [6.45, 7) is 0.432. The van der Waals surface area contributed by atoms with Crippen molar-refractivity contribution in [3.63, 3.8) is 0 Å². The summed E-state index contributed by atoms with van der Waals surface area (Å²) in [5, 5.41) is 11.3. The van der Waals surface area contributed by atoms with Crippen molar-refractivity contribution in [2.45, 2.75) is 37.3 Å². The average Bonchev–Trinajstić information content (AvgIpc) is 2.88. The number of halogens is 3. The minimum absolute atomic E-state index is 0. The van der Waals surface area contributed by atoms with Gasteiger partial charge in [0, 0.05) is 23.7 Å². The Morgan fingerprint density at radius 1 is 1.07 bits per heavy atom. The second kappa shape index (κ2) is 7.78. The highest BCUT2D eigenvalue weighted by molar-refractivity contribution is 6.09. The van der Waals surface area contributed by atoms with E-state index < -0.39 is 23.1 Å². The first-order chi connectivity index (χ1) is 12.9. The minimum Gasteiger partial charge on any atom is -0.372 e. The maximum absolute atomic E-state index is 14.5. The van der Waals surface area contributed by atoms with Crippen LogP contribution in [-0.4, -0.2) is 23.6 Å². The van der Waals surface area contributed by atoms with Crippen LogP contribution in [0.15, 0.2) is 42.5 Å². The topological polar surface area (TPSA) is 66.6 Å². The van der Waals surface area contributed by atoms with E-state index in [0.29, 0.717) is 12.2 Å². The fraction of sp³-hybridized carbons (Fsp3) is 0.381. The maximum atomic E-state index is 14.5. The van der Waals surface area contributed by atoms with Gasteiger partial charge in [-0.15, -0.1) is 12.4 Å². The number of fused-ring (bicyclic) bond motifs is 1. The Hall–Kier alpha value is -2.02. The van der Waals surface area contributed by atoms with Crippen molar-refractivity contribution in [3.05, 3.63) is 65.2 Å². The van der Waals surface area contributed by atoms with Crippen molar-refractivity contribution < 1.29 is 18.7 Å². The van der Waals surface area contributed by atoms with E-state index in [1.165, 1.54) is 4.90 Å². The predicted octanol–water partition coefficient (Wildman–Crippen LogP) is 3.49. The molecule has 150 valence electrons. The first kappa shape index (κ1) is 20.7. The molecule has 0 aromatic heterocycles. The Labute approximate surface area is 168 Å². The third-order valence-corrected chi connectivity index (χ3v) is 5.79. The fourth-order valence-corrected chi connectivity index (χ4v) is 4.28. The van der Waals surface area contributed by atoms with Gasteiger partial charge in [-0.05, 0) is 55.9 Å². The van der Waals surface area contributed by atoms with Crippen LogP contribution < -0.4 is 10.6 Å². The van der Waals surface area contributed by atoms with Crippen LogP contribution in [0.25, 0.3) is 0 Å². The van der Waals surface area contributed by atoms with Gasteiger partial charge < -0.3 is 15.7 Å². The number of hydrogen-bond donors (Lipinski definition) is 2. The van der Waals surface area contributed by atoms with Crippen molar-refractivity contribution in [3.8, 4) is 0 Å². The van der Waals surface area contributed by atoms with Gasteiger partial charge in [0.15, 0.2) is 5.60 Å². The second-order valence-corrected chi connectivity index (χ2v) is 7.55. The number of rotatable bonds is 3. The lowest BCUT2D eigenvalue weighted by Crippen LogP contribution is -2.44. The van der Waals surface area contributed by atoms with Gasteiger partial charge in [-0.3, -0.25) is 4.79 Å². The van der Waals surface area contributed by atoms with Crippen LogP contribution in [0.4, 0.5) is 14.5 Å². The highest BCUT2D eigenvalue weighted by Gasteiger charge is 2.52. The Morgan fingerprint density at radius 2 is 1.75 bits per heavy atom. The van der Waals surface area contributed by atoms with Crippen LogP contribution in [0.3, 0.4) is 0 Å². The van der Waals surface area contributed by atoms with Gasteiger partial charge in [0.05, 0.1) is 5.69 Å². The Bertz CT molecular complexity index is 886. The molecule has 2 aliphatic rings. The molecular weight excluding hydrogens is 386 g/mol. The van der Waals surface area contributed by atoms with Crippen LogP contribution in [-0.2, 0) is 10.4 Å². The molecule has 3 N–H and O–H groups in total. The number of nitrogens with zero attached hydrogens (tertiary/aromatic N) is 1. The van der Waals surface area contributed by atoms with Crippen LogP contribution in [0.2, 0.25) is 0 Å². The van der Waals surface area contributed by atoms with Crippen LogP contribution >= 0.6 is 12.4 Å². The lowest BCUT2D eigenvalue weighted by molar-refractivity contribution is -0.132. The zero-order valence-electron chi connectivity index (χ0n) is 15.3. The average molecular weight is 409 g/mol. The summed E-state index contributed by atoms with van der Waals surface area (Å²) in [5.74, 6) is -1.89. The third-order valence-electron chi connectivity index (χ3n) is 5.79. The van der Waals surface area contributed by atoms with E-state index in [-0.39, 0.29) is 35.5 Å². The summed E-state index contributed by atoms with van der Waals surface area (Å²) < 4.78 is 28.2. The summed E-state index contributed by atoms with van der Waals surface area (Å²) in [6, 6.07) is 9.76. The molecule has 1 aliphatic heterocycles. The molecule has 1 saturated carbocycles. The number of aliphatic hydroxyl groups is 1. The Morgan fingerprint density at radius 3 is 2.46 bits per heavy atom. The summed E-state index contributed by atoms with van der Waals surface area (Å²) in [7, 11) is 0. The van der Waals surface area contributed by atoms with Gasteiger partial charge in [0.1, 0.15) is 11.6 Å². The van der Waals surface area contributed by atoms with E-state index in [9.17, 15) is 18.7 Å². The van der Waals surface area contributed by atoms with Crippen LogP contribution in [0.5, 0.6) is 0 Å². The van der Waals surface area contributed by atoms with Gasteiger partial charge in [-0.25, -0.2) is 8.78 Å². The Kier molecular flexibility index (Phi) is 5.75. The first-order valence-corrected chi connectivity index (χ1v) is 9.26. The van der Waals surface area contributed by atoms with E-state index in [1.807, 2.05) is 0 Å². The van der Waals surface area contributed by atoms with Crippen LogP contribution in [0.1, 0.15) is 36.8 Å². The van der Waals surface area contributed by atoms with E-state index in [0.717, 1.165) is 43.9 Å². The maximum Gasteiger partial charge on any atom is 0.268 e. The summed E-state index contributed by atoms with van der Waals surface area (Å²) in [6.07, 6.45) is 3.61. The number of carbonyl (C=O) groups is 1. The molecule has 1 aliphatic carbocycles. The largest absolute Gasteiger partial charge is 0.372 e. The van der Waals surface area contributed by atoms with Crippen molar-refractivity contribution in [1.82, 2.24) is 0 Å². The van der Waals surface area contributed by atoms with Crippen molar-refractivity contribution in [2.75, 3.05) is 11.4 Å². The van der Waals surface area contributed by atoms with E-state index in [4.69, 9.17) is 5.73 Å². The number of hydrogen-bond acceptors (Lipinski definition) is 3. The molecule has 0 saturated heterocycles. The minimum atomic E-state index is -2.23. The predicted molar refractivity (Wildman–Crippen MR) is 105 cm³/mol. The molecular formula is C21H23ClF2N2O2. The fourth-order valence-electron chi connectivity index (χ4n) is 4.28. The van der Waals surface area contributed by atoms with E-state index in [1.54, 1.807) is 24.3 Å². The van der Waals surface area contributed by atoms with E-state index in [2.05, 4.69) is 0 Å². The van der Waals surface area contributed by atoms with Gasteiger partial charge in [0.2, 0.25) is 0 Å². The lowest BCUT2D eigenvalue weighted by atomic mass is 9.86. The van der Waals surface area contributed by atoms with Gasteiger partial charge >= 0.3 is 0 Å². The normalized spacial score (nSPS) is 26.7.